The van der Waals surface area contributed by atoms with E-state index >= 15 is 0 Å². The average molecular weight is 662 g/mol. The molecule has 0 radical (unpaired) electrons. The van der Waals surface area contributed by atoms with Crippen LogP contribution >= 0.6 is 15.9 Å². The van der Waals surface area contributed by atoms with Crippen molar-refractivity contribution in [2.45, 2.75) is 53.1 Å². The van der Waals surface area contributed by atoms with Gasteiger partial charge in [0.25, 0.3) is 0 Å². The van der Waals surface area contributed by atoms with E-state index in [0.717, 1.165) is 34.3 Å². The number of fused-ring (bicyclic) bond motifs is 1. The highest BCUT2D eigenvalue weighted by atomic mass is 79.9. The molecule has 11 nitrogen and oxygen atoms in total. The molecule has 1 aromatic carbocycles. The fraction of sp³-hybridized carbons (Fsp3) is 0.406. The summed E-state index contributed by atoms with van der Waals surface area (Å²) >= 11 is 3.37. The van der Waals surface area contributed by atoms with Gasteiger partial charge in [0.15, 0.2) is 5.78 Å². The number of aryl methyl sites for hydroxylation is 3. The van der Waals surface area contributed by atoms with Crippen molar-refractivity contribution in [1.29, 1.82) is 0 Å². The third kappa shape index (κ3) is 6.56. The van der Waals surface area contributed by atoms with Gasteiger partial charge in [0.1, 0.15) is 34.5 Å². The lowest BCUT2D eigenvalue weighted by Crippen LogP contribution is -2.44. The monoisotopic (exact) mass is 660 g/mol. The summed E-state index contributed by atoms with van der Waals surface area (Å²) in [6.45, 7) is 8.29. The lowest BCUT2D eigenvalue weighted by atomic mass is 9.99. The zero-order valence-corrected chi connectivity index (χ0v) is 27.5. The van der Waals surface area contributed by atoms with E-state index in [1.54, 1.807) is 22.0 Å². The van der Waals surface area contributed by atoms with Crippen LogP contribution in [0.25, 0.3) is 22.0 Å². The molecule has 12 heteroatoms. The van der Waals surface area contributed by atoms with Gasteiger partial charge in [-0.3, -0.25) is 19.1 Å². The molecule has 44 heavy (non-hydrogen) atoms. The normalized spacial score (nSPS) is 16.6. The number of carbonyl (C=O) groups is 3. The van der Waals surface area contributed by atoms with Crippen LogP contribution in [0, 0.1) is 19.8 Å². The first-order valence-electron chi connectivity index (χ1n) is 14.7. The molecule has 1 aliphatic rings. The second-order valence-corrected chi connectivity index (χ2v) is 12.5. The van der Waals surface area contributed by atoms with Gasteiger partial charge in [-0.15, -0.1) is 0 Å². The van der Waals surface area contributed by atoms with Gasteiger partial charge in [-0.05, 0) is 97.5 Å². The van der Waals surface area contributed by atoms with E-state index in [1.807, 2.05) is 59.1 Å². The highest BCUT2D eigenvalue weighted by molar-refractivity contribution is 9.10. The lowest BCUT2D eigenvalue weighted by molar-refractivity contribution is -0.137. The van der Waals surface area contributed by atoms with Crippen molar-refractivity contribution < 1.29 is 14.4 Å². The number of benzene rings is 1. The molecular weight excluding hydrogens is 624 g/mol. The van der Waals surface area contributed by atoms with Gasteiger partial charge < -0.3 is 15.1 Å². The number of nitrogens with one attached hydrogen (secondary N) is 1. The number of hydrogen-bond acceptors (Lipinski definition) is 8. The molecule has 2 amide bonds. The molecular formula is C32H37BrN8O3. The van der Waals surface area contributed by atoms with Crippen LogP contribution in [0.5, 0.6) is 0 Å². The first kappa shape index (κ1) is 31.4. The third-order valence-electron chi connectivity index (χ3n) is 7.98. The van der Waals surface area contributed by atoms with Gasteiger partial charge in [0.05, 0.1) is 5.52 Å². The number of likely N-dealkylation sites (tertiary alicyclic amines) is 1. The molecule has 2 atom stereocenters. The number of anilines is 1. The van der Waals surface area contributed by atoms with Crippen LogP contribution in [0.4, 0.5) is 5.82 Å². The van der Waals surface area contributed by atoms with Gasteiger partial charge in [-0.2, -0.15) is 5.10 Å². The predicted octanol–water partition coefficient (Wildman–Crippen LogP) is 4.45. The van der Waals surface area contributed by atoms with Crippen LogP contribution < -0.4 is 5.32 Å². The van der Waals surface area contributed by atoms with Gasteiger partial charge in [-0.1, -0.05) is 13.0 Å². The second kappa shape index (κ2) is 12.9. The van der Waals surface area contributed by atoms with Gasteiger partial charge in [0.2, 0.25) is 11.8 Å². The Kier molecular flexibility index (Phi) is 9.21. The van der Waals surface area contributed by atoms with Crippen LogP contribution in [-0.2, 0) is 22.6 Å². The average Bonchev–Trinajstić information content (AvgIpc) is 3.56. The van der Waals surface area contributed by atoms with Crippen molar-refractivity contribution in [2.75, 3.05) is 32.5 Å². The maximum atomic E-state index is 14.0. The largest absolute Gasteiger partial charge is 0.329 e. The van der Waals surface area contributed by atoms with Crippen LogP contribution in [0.3, 0.4) is 0 Å². The molecule has 1 saturated heterocycles. The Labute approximate surface area is 265 Å². The Bertz CT molecular complexity index is 1730. The Morgan fingerprint density at radius 3 is 2.48 bits per heavy atom. The smallest absolute Gasteiger partial charge is 0.248 e. The maximum Gasteiger partial charge on any atom is 0.248 e. The van der Waals surface area contributed by atoms with E-state index in [0.29, 0.717) is 46.7 Å². The number of Topliss-reactive ketones (excluding diaryl/α,β-unsaturated/α-hetero) is 1. The zero-order valence-electron chi connectivity index (χ0n) is 25.9. The topological polar surface area (TPSA) is 126 Å². The number of nitrogens with zero attached hydrogens (tertiary/aromatic N) is 7. The molecule has 0 bridgehead atoms. The number of carbonyl (C=O) groups excluding carboxylic acids is 3. The van der Waals surface area contributed by atoms with E-state index in [-0.39, 0.29) is 30.1 Å². The molecule has 230 valence electrons. The van der Waals surface area contributed by atoms with Crippen LogP contribution in [0.1, 0.15) is 47.7 Å². The molecule has 0 aliphatic carbocycles. The summed E-state index contributed by atoms with van der Waals surface area (Å²) in [5.41, 5.74) is 4.52. The molecule has 2 unspecified atom stereocenters. The van der Waals surface area contributed by atoms with E-state index in [1.165, 1.54) is 6.92 Å². The maximum absolute atomic E-state index is 14.0. The summed E-state index contributed by atoms with van der Waals surface area (Å²) < 4.78 is 2.23. The quantitative estimate of drug-likeness (QED) is 0.206. The first-order valence-corrected chi connectivity index (χ1v) is 15.5. The van der Waals surface area contributed by atoms with E-state index < -0.39 is 6.04 Å². The zero-order chi connectivity index (χ0) is 31.7. The molecule has 0 saturated carbocycles. The molecule has 5 rings (SSSR count). The van der Waals surface area contributed by atoms with Crippen LogP contribution in [-0.4, -0.2) is 85.4 Å². The standard InChI is InChI=1S/C32H37BrN8O3/c1-7-22-11-23(24-13-34-20(4)35-14-24)12-25-29(19(3)42)38-41(30(22)25)17-28(43)40-16-21(15-39(5)6)10-26(40)32(44)37-31-18(2)8-9-27(33)36-31/h8-9,11-14,21,26H,7,10,15-17H2,1-6H3,(H,36,37,44). The molecule has 4 aromatic rings. The SMILES string of the molecule is CCc1cc(-c2cnc(C)nc2)cc2c(C(C)=O)nn(CC(=O)N3CC(CN(C)C)CC3C(=O)Nc3nc(Br)ccc3C)c12. The third-order valence-corrected chi connectivity index (χ3v) is 8.42. The van der Waals surface area contributed by atoms with Crippen molar-refractivity contribution >= 4 is 50.2 Å². The first-order chi connectivity index (χ1) is 20.9. The van der Waals surface area contributed by atoms with E-state index in [2.05, 4.69) is 46.2 Å². The summed E-state index contributed by atoms with van der Waals surface area (Å²) in [6.07, 6.45) is 4.72. The fourth-order valence-corrected chi connectivity index (χ4v) is 6.21. The van der Waals surface area contributed by atoms with Gasteiger partial charge >= 0.3 is 0 Å². The van der Waals surface area contributed by atoms with Crippen molar-refractivity contribution in [3.63, 3.8) is 0 Å². The molecule has 3 aromatic heterocycles. The Hall–Kier alpha value is -4.03. The number of amides is 2. The van der Waals surface area contributed by atoms with Crippen molar-refractivity contribution in [3.05, 3.63) is 63.9 Å². The molecule has 1 fully saturated rings. The van der Waals surface area contributed by atoms with Crippen LogP contribution in [0.2, 0.25) is 0 Å². The fourth-order valence-electron chi connectivity index (χ4n) is 5.90. The number of hydrogen-bond donors (Lipinski definition) is 1. The Morgan fingerprint density at radius 2 is 1.82 bits per heavy atom. The van der Waals surface area contributed by atoms with Gasteiger partial charge in [-0.25, -0.2) is 15.0 Å². The van der Waals surface area contributed by atoms with Crippen LogP contribution in [0.15, 0.2) is 41.3 Å². The summed E-state index contributed by atoms with van der Waals surface area (Å²) in [7, 11) is 3.97. The number of ketones is 1. The Morgan fingerprint density at radius 1 is 1.09 bits per heavy atom. The Balaban J connectivity index is 1.49. The summed E-state index contributed by atoms with van der Waals surface area (Å²) in [5.74, 6) is 0.548. The van der Waals surface area contributed by atoms with Gasteiger partial charge in [0, 0.05) is 43.4 Å². The number of aromatic nitrogens is 5. The summed E-state index contributed by atoms with van der Waals surface area (Å²) in [5, 5.41) is 8.27. The summed E-state index contributed by atoms with van der Waals surface area (Å²) in [6, 6.07) is 6.97. The van der Waals surface area contributed by atoms with Crippen molar-refractivity contribution in [2.24, 2.45) is 5.92 Å². The van der Waals surface area contributed by atoms with E-state index in [4.69, 9.17) is 0 Å². The van der Waals surface area contributed by atoms with Crippen molar-refractivity contribution in [3.8, 4) is 11.1 Å². The molecule has 4 heterocycles. The minimum absolute atomic E-state index is 0.101. The number of pyridine rings is 1. The highest BCUT2D eigenvalue weighted by Gasteiger charge is 2.40. The molecule has 1 aliphatic heterocycles. The molecule has 1 N–H and O–H groups in total. The lowest BCUT2D eigenvalue weighted by Gasteiger charge is -2.24. The number of rotatable bonds is 9. The predicted molar refractivity (Wildman–Crippen MR) is 172 cm³/mol. The minimum atomic E-state index is -0.666. The second-order valence-electron chi connectivity index (χ2n) is 11.7. The number of halogens is 1. The minimum Gasteiger partial charge on any atom is -0.329 e. The highest BCUT2D eigenvalue weighted by Crippen LogP contribution is 2.32. The summed E-state index contributed by atoms with van der Waals surface area (Å²) in [4.78, 5) is 57.2. The van der Waals surface area contributed by atoms with E-state index in [9.17, 15) is 14.4 Å². The van der Waals surface area contributed by atoms with Crippen molar-refractivity contribution in [1.82, 2.24) is 34.5 Å². The molecule has 0 spiro atoms.